The second-order valence-electron chi connectivity index (χ2n) is 3.39. The van der Waals surface area contributed by atoms with E-state index in [1.165, 1.54) is 0 Å². The van der Waals surface area contributed by atoms with Gasteiger partial charge in [-0.15, -0.1) is 0 Å². The molecule has 0 amide bonds. The molecule has 140 valence electrons. The van der Waals surface area contributed by atoms with Gasteiger partial charge in [-0.3, -0.25) is 4.84 Å². The summed E-state index contributed by atoms with van der Waals surface area (Å²) in [6, 6.07) is 0. The van der Waals surface area contributed by atoms with Gasteiger partial charge in [0.1, 0.15) is 0 Å². The summed E-state index contributed by atoms with van der Waals surface area (Å²) in [6.07, 6.45) is -14.1. The predicted molar refractivity (Wildman–Crippen MR) is 48.7 cm³/mol. The third-order valence-electron chi connectivity index (χ3n) is 1.85. The molecule has 6 nitrogen and oxygen atoms in total. The molecule has 0 atom stereocenters. The molecule has 0 aliphatic heterocycles. The average Bonchev–Trinajstić information content (AvgIpc) is 2.25. The van der Waals surface area contributed by atoms with E-state index in [9.17, 15) is 60.7 Å². The predicted octanol–water partition coefficient (Wildman–Crippen LogP) is 1.82. The maximum Gasteiger partial charge on any atom is 0.471 e. The largest absolute Gasteiger partial charge is 0.471 e. The zero-order valence-corrected chi connectivity index (χ0v) is 11.7. The van der Waals surface area contributed by atoms with Gasteiger partial charge in [0.15, 0.2) is 0 Å². The zero-order chi connectivity index (χ0) is 19.3. The van der Waals surface area contributed by atoms with Gasteiger partial charge in [0.05, 0.1) is 7.11 Å². The molecule has 0 saturated carbocycles. The van der Waals surface area contributed by atoms with E-state index in [1.807, 2.05) is 0 Å². The molecule has 0 bridgehead atoms. The van der Waals surface area contributed by atoms with Crippen molar-refractivity contribution < 1.29 is 65.6 Å². The standard InChI is InChI=1S/C5H3F10NO5S2/c1-21-16(22(17,18)4(12,13)2(6,7)8)23(19,20)5(14,15)3(9,10)11/h1H3. The van der Waals surface area contributed by atoms with Crippen LogP contribution in [0.4, 0.5) is 43.9 Å². The third-order valence-corrected chi connectivity index (χ3v) is 5.87. The molecule has 0 rings (SSSR count). The number of hydrogen-bond donors (Lipinski definition) is 0. The van der Waals surface area contributed by atoms with Crippen LogP contribution < -0.4 is 0 Å². The fraction of sp³-hybridized carbons (Fsp3) is 1.00. The second kappa shape index (κ2) is 5.59. The molecule has 0 saturated heterocycles. The molecule has 0 fully saturated rings. The number of halogens is 10. The quantitative estimate of drug-likeness (QED) is 0.510. The van der Waals surface area contributed by atoms with E-state index in [2.05, 4.69) is 4.84 Å². The first-order valence-corrected chi connectivity index (χ1v) is 7.30. The van der Waals surface area contributed by atoms with Crippen molar-refractivity contribution in [2.75, 3.05) is 7.11 Å². The number of hydrogen-bond acceptors (Lipinski definition) is 5. The molecule has 18 heteroatoms. The van der Waals surface area contributed by atoms with E-state index in [0.29, 0.717) is 0 Å². The van der Waals surface area contributed by atoms with Gasteiger partial charge in [0.25, 0.3) is 0 Å². The Morgan fingerprint density at radius 1 is 0.652 bits per heavy atom. The van der Waals surface area contributed by atoms with E-state index in [4.69, 9.17) is 0 Å². The lowest BCUT2D eigenvalue weighted by atomic mass is 10.7. The summed E-state index contributed by atoms with van der Waals surface area (Å²) in [5, 5.41) is -14.1. The number of nitrogens with zero attached hydrogens (tertiary/aromatic N) is 1. The molecule has 23 heavy (non-hydrogen) atoms. The SMILES string of the molecule is CON(S(=O)(=O)C(F)(F)C(F)(F)F)S(=O)(=O)C(F)(F)C(F)(F)F. The van der Waals surface area contributed by atoms with Crippen molar-refractivity contribution in [3.8, 4) is 0 Å². The van der Waals surface area contributed by atoms with Crippen LogP contribution in [0.2, 0.25) is 0 Å². The summed E-state index contributed by atoms with van der Waals surface area (Å²) in [4.78, 5) is 2.94. The molecule has 0 aliphatic carbocycles. The van der Waals surface area contributed by atoms with Crippen LogP contribution in [0.1, 0.15) is 0 Å². The van der Waals surface area contributed by atoms with Crippen LogP contribution in [0.15, 0.2) is 0 Å². The van der Waals surface area contributed by atoms with Gasteiger partial charge >= 0.3 is 42.9 Å². The molecule has 0 N–H and O–H groups in total. The first-order chi connectivity index (χ1) is 9.69. The normalized spacial score (nSPS) is 16.0. The van der Waals surface area contributed by atoms with Crippen molar-refractivity contribution in [1.82, 2.24) is 3.87 Å². The second-order valence-corrected chi connectivity index (χ2v) is 7.21. The fourth-order valence-corrected chi connectivity index (χ4v) is 3.75. The van der Waals surface area contributed by atoms with Gasteiger partial charge in [0.2, 0.25) is 0 Å². The van der Waals surface area contributed by atoms with Crippen molar-refractivity contribution in [3.05, 3.63) is 0 Å². The molecule has 0 unspecified atom stereocenters. The number of alkyl halides is 10. The number of rotatable bonds is 5. The maximum absolute atomic E-state index is 12.7. The summed E-state index contributed by atoms with van der Waals surface area (Å²) >= 11 is 0. The molecular formula is C5H3F10NO5S2. The van der Waals surface area contributed by atoms with Gasteiger partial charge in [-0.25, -0.2) is 16.8 Å². The van der Waals surface area contributed by atoms with Crippen molar-refractivity contribution in [2.24, 2.45) is 0 Å². The van der Waals surface area contributed by atoms with Crippen LogP contribution in [-0.4, -0.2) is 50.7 Å². The highest BCUT2D eigenvalue weighted by Crippen LogP contribution is 2.46. The lowest BCUT2D eigenvalue weighted by Crippen LogP contribution is -2.58. The van der Waals surface area contributed by atoms with E-state index in [0.717, 1.165) is 0 Å². The topological polar surface area (TPSA) is 80.8 Å². The molecule has 0 aliphatic rings. The molecule has 0 heterocycles. The minimum Gasteiger partial charge on any atom is -0.273 e. The Kier molecular flexibility index (Phi) is 5.37. The summed E-state index contributed by atoms with van der Waals surface area (Å²) in [5.41, 5.74) is 0. The van der Waals surface area contributed by atoms with E-state index < -0.39 is 46.8 Å². The highest BCUT2D eigenvalue weighted by atomic mass is 32.3. The zero-order valence-electron chi connectivity index (χ0n) is 10.1. The van der Waals surface area contributed by atoms with Gasteiger partial charge in [-0.2, -0.15) is 43.9 Å². The Balaban J connectivity index is 6.48. The molecular weight excluding hydrogens is 408 g/mol. The van der Waals surface area contributed by atoms with Gasteiger partial charge in [-0.05, 0) is 0 Å². The minimum atomic E-state index is -7.72. The summed E-state index contributed by atoms with van der Waals surface area (Å²) in [5.74, 6) is 0. The lowest BCUT2D eigenvalue weighted by Gasteiger charge is -2.28. The third kappa shape index (κ3) is 3.20. The van der Waals surface area contributed by atoms with Crippen LogP contribution in [0.3, 0.4) is 0 Å². The Morgan fingerprint density at radius 3 is 1.00 bits per heavy atom. The number of sulfonamides is 2. The lowest BCUT2D eigenvalue weighted by molar-refractivity contribution is -0.248. The van der Waals surface area contributed by atoms with Crippen LogP contribution in [0, 0.1) is 0 Å². The Morgan fingerprint density at radius 2 is 0.870 bits per heavy atom. The van der Waals surface area contributed by atoms with Crippen molar-refractivity contribution in [1.29, 1.82) is 0 Å². The Hall–Kier alpha value is -0.880. The van der Waals surface area contributed by atoms with E-state index in [-0.39, 0.29) is 7.11 Å². The van der Waals surface area contributed by atoms with Crippen molar-refractivity contribution >= 4 is 20.0 Å². The van der Waals surface area contributed by atoms with Gasteiger partial charge in [-0.1, -0.05) is 0 Å². The smallest absolute Gasteiger partial charge is 0.273 e. The van der Waals surface area contributed by atoms with Crippen molar-refractivity contribution in [3.63, 3.8) is 0 Å². The van der Waals surface area contributed by atoms with Crippen molar-refractivity contribution in [2.45, 2.75) is 22.9 Å². The molecule has 0 aromatic carbocycles. The van der Waals surface area contributed by atoms with Crippen LogP contribution in [0.25, 0.3) is 0 Å². The highest BCUT2D eigenvalue weighted by Gasteiger charge is 2.76. The molecule has 0 spiro atoms. The van der Waals surface area contributed by atoms with Crippen LogP contribution in [-0.2, 0) is 24.9 Å². The molecule has 0 radical (unpaired) electrons. The fourth-order valence-electron chi connectivity index (χ4n) is 0.805. The van der Waals surface area contributed by atoms with Crippen LogP contribution >= 0.6 is 0 Å². The minimum absolute atomic E-state index is 0.339. The molecule has 0 aromatic heterocycles. The highest BCUT2D eigenvalue weighted by molar-refractivity contribution is 8.04. The monoisotopic (exact) mass is 411 g/mol. The summed E-state index contributed by atoms with van der Waals surface area (Å²) in [7, 11) is -15.8. The van der Waals surface area contributed by atoms with E-state index in [1.54, 1.807) is 0 Å². The first kappa shape index (κ1) is 22.1. The maximum atomic E-state index is 12.7. The average molecular weight is 411 g/mol. The van der Waals surface area contributed by atoms with Gasteiger partial charge < -0.3 is 0 Å². The van der Waals surface area contributed by atoms with E-state index >= 15 is 0 Å². The Bertz CT molecular complexity index is 590. The van der Waals surface area contributed by atoms with Gasteiger partial charge in [0, 0.05) is 3.87 Å². The molecule has 0 aromatic rings. The summed E-state index contributed by atoms with van der Waals surface area (Å²) < 4.78 is 163. The summed E-state index contributed by atoms with van der Waals surface area (Å²) in [6.45, 7) is 0. The first-order valence-electron chi connectivity index (χ1n) is 4.42. The Labute approximate surface area is 120 Å². The van der Waals surface area contributed by atoms with Crippen LogP contribution in [0.5, 0.6) is 0 Å².